The van der Waals surface area contributed by atoms with Gasteiger partial charge in [-0.25, -0.2) is 0 Å². The molecule has 138 valence electrons. The first kappa shape index (κ1) is 19.1. The highest BCUT2D eigenvalue weighted by Crippen LogP contribution is 2.20. The molecule has 3 aromatic carbocycles. The fourth-order valence-electron chi connectivity index (χ4n) is 3.03. The molecule has 0 radical (unpaired) electrons. The van der Waals surface area contributed by atoms with E-state index in [0.717, 1.165) is 16.7 Å². The molecule has 0 saturated heterocycles. The Labute approximate surface area is 163 Å². The molecule has 0 aliphatic carbocycles. The minimum absolute atomic E-state index is 0.0362. The lowest BCUT2D eigenvalue weighted by molar-refractivity contribution is 0.0785. The lowest BCUT2D eigenvalue weighted by Crippen LogP contribution is -2.26. The molecule has 0 spiro atoms. The number of carbonyl (C=O) groups excluding carboxylic acids is 1. The fourth-order valence-corrected chi connectivity index (χ4v) is 3.68. The normalized spacial score (nSPS) is 11.8. The molecule has 1 unspecified atom stereocenters. The highest BCUT2D eigenvalue weighted by atomic mass is 32.2. The van der Waals surface area contributed by atoms with Gasteiger partial charge in [-0.15, -0.1) is 0 Å². The first-order valence-corrected chi connectivity index (χ1v) is 10.5. The van der Waals surface area contributed by atoms with E-state index in [0.29, 0.717) is 17.9 Å². The summed E-state index contributed by atoms with van der Waals surface area (Å²) < 4.78 is 11.4. The Bertz CT molecular complexity index is 936. The van der Waals surface area contributed by atoms with Crippen LogP contribution in [0.4, 0.5) is 0 Å². The van der Waals surface area contributed by atoms with Crippen LogP contribution < -0.4 is 0 Å². The van der Waals surface area contributed by atoms with Gasteiger partial charge in [-0.2, -0.15) is 0 Å². The number of benzene rings is 3. The zero-order chi connectivity index (χ0) is 19.2. The van der Waals surface area contributed by atoms with Gasteiger partial charge >= 0.3 is 0 Å². The van der Waals surface area contributed by atoms with Crippen molar-refractivity contribution >= 4 is 16.7 Å². The van der Waals surface area contributed by atoms with Crippen molar-refractivity contribution in [2.75, 3.05) is 13.3 Å². The highest BCUT2D eigenvalue weighted by Gasteiger charge is 2.13. The minimum Gasteiger partial charge on any atom is -0.337 e. The molecule has 3 aromatic rings. The van der Waals surface area contributed by atoms with Gasteiger partial charge in [0, 0.05) is 42.0 Å². The predicted molar refractivity (Wildman–Crippen MR) is 112 cm³/mol. The van der Waals surface area contributed by atoms with Gasteiger partial charge in [-0.05, 0) is 34.4 Å². The molecule has 0 bridgehead atoms. The summed E-state index contributed by atoms with van der Waals surface area (Å²) in [5.41, 5.74) is 4.97. The summed E-state index contributed by atoms with van der Waals surface area (Å²) in [6.07, 6.45) is 1.67. The first-order chi connectivity index (χ1) is 13.0. The van der Waals surface area contributed by atoms with Gasteiger partial charge in [-0.1, -0.05) is 66.7 Å². The molecule has 3 rings (SSSR count). The second-order valence-corrected chi connectivity index (χ2v) is 8.08. The molecule has 1 atom stereocenters. The number of carbonyl (C=O) groups is 1. The zero-order valence-corrected chi connectivity index (χ0v) is 16.4. The van der Waals surface area contributed by atoms with Gasteiger partial charge in [0.05, 0.1) is 0 Å². The molecule has 0 aromatic heterocycles. The summed E-state index contributed by atoms with van der Waals surface area (Å²) in [5, 5.41) is 0. The van der Waals surface area contributed by atoms with Gasteiger partial charge in [0.2, 0.25) is 0 Å². The topological polar surface area (TPSA) is 37.4 Å². The molecule has 0 saturated carbocycles. The molecule has 4 heteroatoms. The standard InChI is InChI=1S/C23H23NO2S/c1-24(23(25)22-10-6-7-19(15-22)17-27(2)26)16-18-11-13-21(14-12-18)20-8-4-3-5-9-20/h3-15H,16-17H2,1-2H3. The maximum atomic E-state index is 12.7. The molecule has 1 amide bonds. The third kappa shape index (κ3) is 5.14. The number of hydrogen-bond donors (Lipinski definition) is 0. The minimum atomic E-state index is -0.923. The van der Waals surface area contributed by atoms with Crippen molar-refractivity contribution in [3.8, 4) is 11.1 Å². The van der Waals surface area contributed by atoms with Crippen LogP contribution in [0.5, 0.6) is 0 Å². The third-order valence-electron chi connectivity index (χ3n) is 4.37. The average Bonchev–Trinajstić information content (AvgIpc) is 2.68. The van der Waals surface area contributed by atoms with Crippen LogP contribution in [0, 0.1) is 0 Å². The van der Waals surface area contributed by atoms with Gasteiger partial charge < -0.3 is 4.90 Å². The summed E-state index contributed by atoms with van der Waals surface area (Å²) in [5.74, 6) is 0.428. The molecule has 0 N–H and O–H groups in total. The Morgan fingerprint density at radius 3 is 2.19 bits per heavy atom. The number of nitrogens with zero attached hydrogens (tertiary/aromatic N) is 1. The SMILES string of the molecule is CN(Cc1ccc(-c2ccccc2)cc1)C(=O)c1cccc(CS(C)=O)c1. The average molecular weight is 378 g/mol. The van der Waals surface area contributed by atoms with Crippen molar-refractivity contribution in [2.45, 2.75) is 12.3 Å². The van der Waals surface area contributed by atoms with Crippen LogP contribution in [0.1, 0.15) is 21.5 Å². The molecule has 0 aliphatic rings. The maximum Gasteiger partial charge on any atom is 0.253 e. The summed E-state index contributed by atoms with van der Waals surface area (Å²) in [6, 6.07) is 25.9. The smallest absolute Gasteiger partial charge is 0.253 e. The number of hydrogen-bond acceptors (Lipinski definition) is 2. The Hall–Kier alpha value is -2.72. The second-order valence-electron chi connectivity index (χ2n) is 6.64. The van der Waals surface area contributed by atoms with Crippen molar-refractivity contribution in [2.24, 2.45) is 0 Å². The van der Waals surface area contributed by atoms with E-state index in [1.54, 1.807) is 24.3 Å². The van der Waals surface area contributed by atoms with Crippen LogP contribution in [0.15, 0.2) is 78.9 Å². The van der Waals surface area contributed by atoms with E-state index < -0.39 is 10.8 Å². The van der Waals surface area contributed by atoms with Crippen molar-refractivity contribution in [3.05, 3.63) is 95.6 Å². The Kier molecular flexibility index (Phi) is 6.20. The third-order valence-corrected chi connectivity index (χ3v) is 5.11. The van der Waals surface area contributed by atoms with Crippen LogP contribution in [0.3, 0.4) is 0 Å². The highest BCUT2D eigenvalue weighted by molar-refractivity contribution is 7.83. The van der Waals surface area contributed by atoms with Gasteiger partial charge in [0.25, 0.3) is 5.91 Å². The van der Waals surface area contributed by atoms with Crippen molar-refractivity contribution < 1.29 is 9.00 Å². The summed E-state index contributed by atoms with van der Waals surface area (Å²) in [4.78, 5) is 14.4. The Morgan fingerprint density at radius 2 is 1.52 bits per heavy atom. The lowest BCUT2D eigenvalue weighted by atomic mass is 10.0. The molecule has 3 nitrogen and oxygen atoms in total. The molecular weight excluding hydrogens is 354 g/mol. The van der Waals surface area contributed by atoms with Crippen LogP contribution >= 0.6 is 0 Å². The van der Waals surface area contributed by atoms with E-state index >= 15 is 0 Å². The Balaban J connectivity index is 1.69. The van der Waals surface area contributed by atoms with E-state index in [1.165, 1.54) is 5.56 Å². The van der Waals surface area contributed by atoms with Crippen LogP contribution in [-0.4, -0.2) is 28.3 Å². The quantitative estimate of drug-likeness (QED) is 0.634. The summed E-state index contributed by atoms with van der Waals surface area (Å²) in [6.45, 7) is 0.540. The number of amides is 1. The lowest BCUT2D eigenvalue weighted by Gasteiger charge is -2.18. The van der Waals surface area contributed by atoms with Crippen LogP contribution in [0.2, 0.25) is 0 Å². The first-order valence-electron chi connectivity index (χ1n) is 8.82. The van der Waals surface area contributed by atoms with Crippen molar-refractivity contribution in [1.29, 1.82) is 0 Å². The molecule has 0 heterocycles. The Morgan fingerprint density at radius 1 is 0.852 bits per heavy atom. The predicted octanol–water partition coefficient (Wildman–Crippen LogP) is 4.50. The summed E-state index contributed by atoms with van der Waals surface area (Å²) >= 11 is 0. The van der Waals surface area contributed by atoms with Crippen LogP contribution in [-0.2, 0) is 23.1 Å². The van der Waals surface area contributed by atoms with Gasteiger partial charge in [0.1, 0.15) is 0 Å². The number of rotatable bonds is 6. The van der Waals surface area contributed by atoms with Crippen LogP contribution in [0.25, 0.3) is 11.1 Å². The molecule has 0 fully saturated rings. The maximum absolute atomic E-state index is 12.7. The van der Waals surface area contributed by atoms with Gasteiger partial charge in [-0.3, -0.25) is 9.00 Å². The van der Waals surface area contributed by atoms with Crippen molar-refractivity contribution in [1.82, 2.24) is 4.90 Å². The van der Waals surface area contributed by atoms with E-state index in [2.05, 4.69) is 36.4 Å². The van der Waals surface area contributed by atoms with Gasteiger partial charge in [0.15, 0.2) is 0 Å². The van der Waals surface area contributed by atoms with E-state index in [1.807, 2.05) is 36.4 Å². The van der Waals surface area contributed by atoms with E-state index in [4.69, 9.17) is 0 Å². The van der Waals surface area contributed by atoms with E-state index in [-0.39, 0.29) is 5.91 Å². The van der Waals surface area contributed by atoms with E-state index in [9.17, 15) is 9.00 Å². The molecule has 0 aliphatic heterocycles. The van der Waals surface area contributed by atoms with Crippen molar-refractivity contribution in [3.63, 3.8) is 0 Å². The monoisotopic (exact) mass is 377 g/mol. The molecular formula is C23H23NO2S. The summed E-state index contributed by atoms with van der Waals surface area (Å²) in [7, 11) is 0.880. The second kappa shape index (κ2) is 8.78. The largest absolute Gasteiger partial charge is 0.337 e. The fraction of sp³-hybridized carbons (Fsp3) is 0.174. The zero-order valence-electron chi connectivity index (χ0n) is 15.6. The molecule has 27 heavy (non-hydrogen) atoms.